The standard InChI is InChI=1S/C13H14ClN3O2S/c1-3-10-4-6-11(7-5-10)17(2)20(18,19)12-8-15-13(14)16-9-12/h4-9H,3H2,1-2H3. The van der Waals surface area contributed by atoms with Crippen molar-refractivity contribution in [1.82, 2.24) is 9.97 Å². The lowest BCUT2D eigenvalue weighted by Gasteiger charge is -2.19. The van der Waals surface area contributed by atoms with Gasteiger partial charge in [0.15, 0.2) is 0 Å². The molecule has 0 fully saturated rings. The zero-order valence-electron chi connectivity index (χ0n) is 11.1. The van der Waals surface area contributed by atoms with Gasteiger partial charge in [-0.25, -0.2) is 18.4 Å². The zero-order valence-corrected chi connectivity index (χ0v) is 12.7. The second-order valence-corrected chi connectivity index (χ2v) is 6.49. The summed E-state index contributed by atoms with van der Waals surface area (Å²) >= 11 is 5.56. The van der Waals surface area contributed by atoms with E-state index in [9.17, 15) is 8.42 Å². The van der Waals surface area contributed by atoms with Gasteiger partial charge in [0.05, 0.1) is 18.1 Å². The van der Waals surface area contributed by atoms with Crippen molar-refractivity contribution in [3.8, 4) is 0 Å². The van der Waals surface area contributed by atoms with Gasteiger partial charge in [-0.3, -0.25) is 4.31 Å². The van der Waals surface area contributed by atoms with Crippen LogP contribution in [0.25, 0.3) is 0 Å². The molecule has 1 aromatic heterocycles. The van der Waals surface area contributed by atoms with Crippen LogP contribution in [0, 0.1) is 0 Å². The van der Waals surface area contributed by atoms with Crippen LogP contribution in [-0.2, 0) is 16.4 Å². The number of aryl methyl sites for hydroxylation is 1. The van der Waals surface area contributed by atoms with Gasteiger partial charge in [-0.2, -0.15) is 0 Å². The molecule has 2 rings (SSSR count). The van der Waals surface area contributed by atoms with E-state index in [1.807, 2.05) is 19.1 Å². The van der Waals surface area contributed by atoms with Gasteiger partial charge < -0.3 is 0 Å². The molecular weight excluding hydrogens is 298 g/mol. The van der Waals surface area contributed by atoms with Gasteiger partial charge in [0.25, 0.3) is 10.0 Å². The zero-order chi connectivity index (χ0) is 14.8. The molecule has 2 aromatic rings. The smallest absolute Gasteiger partial charge is 0.267 e. The maximum atomic E-state index is 12.4. The van der Waals surface area contributed by atoms with Gasteiger partial charge in [-0.05, 0) is 35.7 Å². The number of anilines is 1. The summed E-state index contributed by atoms with van der Waals surface area (Å²) in [6, 6.07) is 7.35. The number of hydrogen-bond donors (Lipinski definition) is 0. The van der Waals surface area contributed by atoms with Crippen LogP contribution in [0.4, 0.5) is 5.69 Å². The van der Waals surface area contributed by atoms with E-state index in [-0.39, 0.29) is 10.2 Å². The van der Waals surface area contributed by atoms with Crippen LogP contribution in [0.3, 0.4) is 0 Å². The maximum Gasteiger partial charge on any atom is 0.267 e. The summed E-state index contributed by atoms with van der Waals surface area (Å²) in [6.07, 6.45) is 3.30. The third-order valence-corrected chi connectivity index (χ3v) is 4.90. The molecule has 0 aliphatic heterocycles. The Morgan fingerprint density at radius 2 is 1.70 bits per heavy atom. The van der Waals surface area contributed by atoms with Crippen molar-refractivity contribution in [2.45, 2.75) is 18.2 Å². The van der Waals surface area contributed by atoms with Gasteiger partial charge in [0.1, 0.15) is 4.90 Å². The Kier molecular flexibility index (Phi) is 4.25. The van der Waals surface area contributed by atoms with Crippen molar-refractivity contribution >= 4 is 27.3 Å². The molecule has 0 bridgehead atoms. The van der Waals surface area contributed by atoms with Crippen molar-refractivity contribution in [1.29, 1.82) is 0 Å². The highest BCUT2D eigenvalue weighted by atomic mass is 35.5. The number of aromatic nitrogens is 2. The van der Waals surface area contributed by atoms with Crippen LogP contribution in [0.15, 0.2) is 41.6 Å². The van der Waals surface area contributed by atoms with Crippen LogP contribution in [0.5, 0.6) is 0 Å². The van der Waals surface area contributed by atoms with Gasteiger partial charge in [0.2, 0.25) is 5.28 Å². The Morgan fingerprint density at radius 1 is 1.15 bits per heavy atom. The second kappa shape index (κ2) is 5.76. The van der Waals surface area contributed by atoms with Crippen molar-refractivity contribution in [3.63, 3.8) is 0 Å². The molecular formula is C13H14ClN3O2S. The molecule has 0 radical (unpaired) electrons. The second-order valence-electron chi connectivity index (χ2n) is 4.18. The van der Waals surface area contributed by atoms with E-state index in [0.29, 0.717) is 5.69 Å². The molecule has 5 nitrogen and oxygen atoms in total. The molecule has 0 aliphatic carbocycles. The number of nitrogens with zero attached hydrogens (tertiary/aromatic N) is 3. The average molecular weight is 312 g/mol. The molecule has 0 N–H and O–H groups in total. The number of halogens is 1. The molecule has 0 atom stereocenters. The van der Waals surface area contributed by atoms with Crippen molar-refractivity contribution in [3.05, 3.63) is 47.5 Å². The molecule has 0 saturated heterocycles. The normalized spacial score (nSPS) is 11.3. The number of hydrogen-bond acceptors (Lipinski definition) is 4. The van der Waals surface area contributed by atoms with Crippen LogP contribution >= 0.6 is 11.6 Å². The molecule has 0 spiro atoms. The minimum atomic E-state index is -3.68. The summed E-state index contributed by atoms with van der Waals surface area (Å²) in [5, 5.41) is 0.0129. The first-order valence-corrected chi connectivity index (χ1v) is 7.82. The Hall–Kier alpha value is -1.66. The third kappa shape index (κ3) is 2.91. The SMILES string of the molecule is CCc1ccc(N(C)S(=O)(=O)c2cnc(Cl)nc2)cc1. The molecule has 1 heterocycles. The summed E-state index contributed by atoms with van der Waals surface area (Å²) in [7, 11) is -2.19. The van der Waals surface area contributed by atoms with Crippen molar-refractivity contribution in [2.24, 2.45) is 0 Å². The first kappa shape index (κ1) is 14.7. The molecule has 0 unspecified atom stereocenters. The molecule has 106 valence electrons. The van der Waals surface area contributed by atoms with Gasteiger partial charge in [-0.1, -0.05) is 19.1 Å². The van der Waals surface area contributed by atoms with E-state index < -0.39 is 10.0 Å². The molecule has 0 aliphatic rings. The fourth-order valence-corrected chi connectivity index (χ4v) is 2.86. The molecule has 20 heavy (non-hydrogen) atoms. The quantitative estimate of drug-likeness (QED) is 0.814. The lowest BCUT2D eigenvalue weighted by molar-refractivity contribution is 0.593. The van der Waals surface area contributed by atoms with Crippen LogP contribution < -0.4 is 4.31 Å². The third-order valence-electron chi connectivity index (χ3n) is 2.96. The predicted octanol–water partition coefficient (Wildman–Crippen LogP) is 2.52. The summed E-state index contributed by atoms with van der Waals surface area (Å²) in [4.78, 5) is 7.40. The van der Waals surface area contributed by atoms with E-state index >= 15 is 0 Å². The first-order chi connectivity index (χ1) is 9.45. The largest absolute Gasteiger partial charge is 0.269 e. The van der Waals surface area contributed by atoms with E-state index in [1.165, 1.54) is 23.7 Å². The summed E-state index contributed by atoms with van der Waals surface area (Å²) < 4.78 is 26.0. The minimum absolute atomic E-state index is 0.00367. The Morgan fingerprint density at radius 3 is 2.20 bits per heavy atom. The number of benzene rings is 1. The Balaban J connectivity index is 2.35. The van der Waals surface area contributed by atoms with E-state index in [1.54, 1.807) is 12.1 Å². The number of rotatable bonds is 4. The highest BCUT2D eigenvalue weighted by Gasteiger charge is 2.22. The highest BCUT2D eigenvalue weighted by Crippen LogP contribution is 2.22. The Labute approximate surface area is 123 Å². The summed E-state index contributed by atoms with van der Waals surface area (Å²) in [5.74, 6) is 0. The fraction of sp³-hybridized carbons (Fsp3) is 0.231. The van der Waals surface area contributed by atoms with Gasteiger partial charge in [-0.15, -0.1) is 0 Å². The fourth-order valence-electron chi connectivity index (χ4n) is 1.67. The first-order valence-electron chi connectivity index (χ1n) is 6.00. The van der Waals surface area contributed by atoms with E-state index in [0.717, 1.165) is 12.0 Å². The van der Waals surface area contributed by atoms with Crippen LogP contribution in [-0.4, -0.2) is 25.4 Å². The highest BCUT2D eigenvalue weighted by molar-refractivity contribution is 7.92. The van der Waals surface area contributed by atoms with E-state index in [2.05, 4.69) is 9.97 Å². The van der Waals surface area contributed by atoms with Gasteiger partial charge in [0, 0.05) is 7.05 Å². The van der Waals surface area contributed by atoms with Crippen LogP contribution in [0.2, 0.25) is 5.28 Å². The van der Waals surface area contributed by atoms with E-state index in [4.69, 9.17) is 11.6 Å². The molecule has 0 amide bonds. The summed E-state index contributed by atoms with van der Waals surface area (Å²) in [5.41, 5.74) is 1.73. The predicted molar refractivity (Wildman–Crippen MR) is 78.5 cm³/mol. The topological polar surface area (TPSA) is 63.2 Å². The lowest BCUT2D eigenvalue weighted by atomic mass is 10.1. The van der Waals surface area contributed by atoms with Crippen LogP contribution in [0.1, 0.15) is 12.5 Å². The lowest BCUT2D eigenvalue weighted by Crippen LogP contribution is -2.26. The maximum absolute atomic E-state index is 12.4. The monoisotopic (exact) mass is 311 g/mol. The average Bonchev–Trinajstić information content (AvgIpc) is 2.47. The molecule has 0 saturated carbocycles. The van der Waals surface area contributed by atoms with Crippen molar-refractivity contribution < 1.29 is 8.42 Å². The summed E-state index contributed by atoms with van der Waals surface area (Å²) in [6.45, 7) is 2.04. The van der Waals surface area contributed by atoms with Gasteiger partial charge >= 0.3 is 0 Å². The Bertz CT molecular complexity index is 685. The minimum Gasteiger partial charge on any atom is -0.269 e. The molecule has 7 heteroatoms. The molecule has 1 aromatic carbocycles. The van der Waals surface area contributed by atoms with Crippen molar-refractivity contribution in [2.75, 3.05) is 11.4 Å². The number of sulfonamides is 1.